The van der Waals surface area contributed by atoms with Gasteiger partial charge in [0.05, 0.1) is 12.5 Å². The normalized spacial score (nSPS) is 14.2. The van der Waals surface area contributed by atoms with Crippen molar-refractivity contribution in [1.29, 1.82) is 0 Å². The molecule has 0 atom stereocenters. The largest absolute Gasteiger partial charge is 0.492 e. The molecule has 0 bridgehead atoms. The van der Waals surface area contributed by atoms with Crippen LogP contribution in [0.1, 0.15) is 6.92 Å². The summed E-state index contributed by atoms with van der Waals surface area (Å²) < 4.78 is 5.53. The first-order valence-corrected chi connectivity index (χ1v) is 6.64. The van der Waals surface area contributed by atoms with E-state index >= 15 is 0 Å². The lowest BCUT2D eigenvalue weighted by Crippen LogP contribution is -2.51. The lowest BCUT2D eigenvalue weighted by molar-refractivity contribution is -0.126. The van der Waals surface area contributed by atoms with E-state index in [0.717, 1.165) is 13.1 Å². The van der Waals surface area contributed by atoms with Crippen molar-refractivity contribution in [2.45, 2.75) is 6.92 Å². The average Bonchev–Trinajstić information content (AvgIpc) is 2.32. The van der Waals surface area contributed by atoms with Crippen LogP contribution < -0.4 is 20.7 Å². The highest BCUT2D eigenvalue weighted by atomic mass is 16.5. The van der Waals surface area contributed by atoms with E-state index in [1.165, 1.54) is 6.92 Å². The molecule has 2 rings (SSSR count). The van der Waals surface area contributed by atoms with Gasteiger partial charge in [0.15, 0.2) is 0 Å². The van der Waals surface area contributed by atoms with E-state index in [4.69, 9.17) is 4.74 Å². The van der Waals surface area contributed by atoms with Crippen LogP contribution in [0.25, 0.3) is 0 Å². The molecule has 1 fully saturated rings. The number of carbonyl (C=O) groups excluding carboxylic acids is 2. The first-order chi connectivity index (χ1) is 9.65. The summed E-state index contributed by atoms with van der Waals surface area (Å²) in [5.41, 5.74) is 0.694. The number of benzene rings is 1. The van der Waals surface area contributed by atoms with Crippen molar-refractivity contribution < 1.29 is 14.3 Å². The number of ether oxygens (including phenoxy) is 1. The molecule has 0 aliphatic carbocycles. The van der Waals surface area contributed by atoms with Crippen molar-refractivity contribution in [3.05, 3.63) is 24.3 Å². The third kappa shape index (κ3) is 4.24. The second-order valence-electron chi connectivity index (χ2n) is 4.70. The van der Waals surface area contributed by atoms with Gasteiger partial charge >= 0.3 is 0 Å². The zero-order chi connectivity index (χ0) is 14.4. The summed E-state index contributed by atoms with van der Waals surface area (Å²) in [7, 11) is 0. The minimum absolute atomic E-state index is 0.0688. The van der Waals surface area contributed by atoms with Crippen LogP contribution in [0.2, 0.25) is 0 Å². The first-order valence-electron chi connectivity index (χ1n) is 6.64. The van der Waals surface area contributed by atoms with Crippen LogP contribution in [-0.2, 0) is 9.59 Å². The molecule has 0 spiro atoms. The van der Waals surface area contributed by atoms with Crippen molar-refractivity contribution >= 4 is 17.5 Å². The summed E-state index contributed by atoms with van der Waals surface area (Å²) in [6.07, 6.45) is 0. The average molecular weight is 277 g/mol. The van der Waals surface area contributed by atoms with Gasteiger partial charge in [0.25, 0.3) is 0 Å². The van der Waals surface area contributed by atoms with Crippen LogP contribution in [0.4, 0.5) is 5.69 Å². The Bertz CT molecular complexity index is 486. The lowest BCUT2D eigenvalue weighted by atomic mass is 10.0. The van der Waals surface area contributed by atoms with Crippen molar-refractivity contribution in [2.75, 3.05) is 31.6 Å². The van der Waals surface area contributed by atoms with Gasteiger partial charge in [0.1, 0.15) is 12.4 Å². The Morgan fingerprint density at radius 1 is 1.40 bits per heavy atom. The molecule has 2 amide bonds. The fraction of sp³-hybridized carbons (Fsp3) is 0.429. The zero-order valence-electron chi connectivity index (χ0n) is 11.4. The van der Waals surface area contributed by atoms with Crippen LogP contribution in [-0.4, -0.2) is 38.1 Å². The van der Waals surface area contributed by atoms with E-state index in [0.29, 0.717) is 24.6 Å². The van der Waals surface area contributed by atoms with Gasteiger partial charge in [-0.25, -0.2) is 0 Å². The molecular weight excluding hydrogens is 258 g/mol. The number of nitrogens with one attached hydrogen (secondary N) is 3. The summed E-state index contributed by atoms with van der Waals surface area (Å²) in [6, 6.07) is 7.15. The summed E-state index contributed by atoms with van der Waals surface area (Å²) >= 11 is 0. The molecule has 0 unspecified atom stereocenters. The van der Waals surface area contributed by atoms with E-state index < -0.39 is 0 Å². The Kier molecular flexibility index (Phi) is 4.95. The molecule has 6 nitrogen and oxygen atoms in total. The Morgan fingerprint density at radius 3 is 2.85 bits per heavy atom. The smallest absolute Gasteiger partial charge is 0.225 e. The van der Waals surface area contributed by atoms with Gasteiger partial charge in [-0.15, -0.1) is 0 Å². The third-order valence-corrected chi connectivity index (χ3v) is 2.98. The van der Waals surface area contributed by atoms with Crippen LogP contribution in [0.5, 0.6) is 5.75 Å². The lowest BCUT2D eigenvalue weighted by Gasteiger charge is -2.25. The molecule has 0 radical (unpaired) electrons. The number of amides is 2. The maximum atomic E-state index is 11.6. The predicted octanol–water partition coefficient (Wildman–Crippen LogP) is 0.359. The fourth-order valence-electron chi connectivity index (χ4n) is 1.83. The maximum Gasteiger partial charge on any atom is 0.225 e. The third-order valence-electron chi connectivity index (χ3n) is 2.98. The summed E-state index contributed by atoms with van der Waals surface area (Å²) in [5, 5.41) is 8.57. The summed E-state index contributed by atoms with van der Waals surface area (Å²) in [6.45, 7) is 3.84. The van der Waals surface area contributed by atoms with E-state index in [-0.39, 0.29) is 17.7 Å². The molecule has 1 aromatic rings. The molecule has 1 heterocycles. The van der Waals surface area contributed by atoms with Gasteiger partial charge in [0, 0.05) is 31.8 Å². The van der Waals surface area contributed by atoms with Gasteiger partial charge in [-0.05, 0) is 12.1 Å². The van der Waals surface area contributed by atoms with E-state index in [1.807, 2.05) is 6.07 Å². The van der Waals surface area contributed by atoms with Gasteiger partial charge in [-0.1, -0.05) is 6.07 Å². The quantitative estimate of drug-likeness (QED) is 0.656. The summed E-state index contributed by atoms with van der Waals surface area (Å²) in [5.74, 6) is 0.705. The monoisotopic (exact) mass is 277 g/mol. The minimum atomic E-state index is -0.122. The molecule has 6 heteroatoms. The molecule has 1 aliphatic rings. The highest BCUT2D eigenvalue weighted by Crippen LogP contribution is 2.17. The van der Waals surface area contributed by atoms with Crippen LogP contribution in [0.15, 0.2) is 24.3 Å². The molecular formula is C14H19N3O3. The van der Waals surface area contributed by atoms with Gasteiger partial charge in [-0.3, -0.25) is 9.59 Å². The minimum Gasteiger partial charge on any atom is -0.492 e. The second-order valence-corrected chi connectivity index (χ2v) is 4.70. The van der Waals surface area contributed by atoms with Crippen molar-refractivity contribution in [3.8, 4) is 5.75 Å². The number of hydrogen-bond acceptors (Lipinski definition) is 4. The number of hydrogen-bond donors (Lipinski definition) is 3. The molecule has 1 aliphatic heterocycles. The number of anilines is 1. The SMILES string of the molecule is CC(=O)Nc1cccc(OCCNC(=O)C2CNC2)c1. The maximum absolute atomic E-state index is 11.6. The van der Waals surface area contributed by atoms with Crippen molar-refractivity contribution in [1.82, 2.24) is 10.6 Å². The summed E-state index contributed by atoms with van der Waals surface area (Å²) in [4.78, 5) is 22.5. The molecule has 20 heavy (non-hydrogen) atoms. The Morgan fingerprint density at radius 2 is 2.20 bits per heavy atom. The van der Waals surface area contributed by atoms with Crippen molar-refractivity contribution in [2.24, 2.45) is 5.92 Å². The van der Waals surface area contributed by atoms with Gasteiger partial charge < -0.3 is 20.7 Å². The fourth-order valence-corrected chi connectivity index (χ4v) is 1.83. The van der Waals surface area contributed by atoms with Crippen LogP contribution in [0.3, 0.4) is 0 Å². The number of carbonyl (C=O) groups is 2. The molecule has 1 saturated heterocycles. The van der Waals surface area contributed by atoms with Gasteiger partial charge in [0.2, 0.25) is 11.8 Å². The molecule has 0 saturated carbocycles. The van der Waals surface area contributed by atoms with E-state index in [9.17, 15) is 9.59 Å². The topological polar surface area (TPSA) is 79.5 Å². The van der Waals surface area contributed by atoms with Crippen LogP contribution in [0, 0.1) is 5.92 Å². The first kappa shape index (κ1) is 14.3. The highest BCUT2D eigenvalue weighted by Gasteiger charge is 2.24. The molecule has 108 valence electrons. The molecule has 0 aromatic heterocycles. The Labute approximate surface area is 117 Å². The van der Waals surface area contributed by atoms with Crippen LogP contribution >= 0.6 is 0 Å². The zero-order valence-corrected chi connectivity index (χ0v) is 11.4. The predicted molar refractivity (Wildman–Crippen MR) is 75.6 cm³/mol. The number of rotatable bonds is 6. The van der Waals surface area contributed by atoms with E-state index in [1.54, 1.807) is 18.2 Å². The second kappa shape index (κ2) is 6.91. The van der Waals surface area contributed by atoms with E-state index in [2.05, 4.69) is 16.0 Å². The molecule has 3 N–H and O–H groups in total. The van der Waals surface area contributed by atoms with Gasteiger partial charge in [-0.2, -0.15) is 0 Å². The standard InChI is InChI=1S/C14H19N3O3/c1-10(18)17-12-3-2-4-13(7-12)20-6-5-16-14(19)11-8-15-9-11/h2-4,7,11,15H,5-6,8-9H2,1H3,(H,16,19)(H,17,18). The Balaban J connectivity index is 1.70. The molecule has 1 aromatic carbocycles. The van der Waals surface area contributed by atoms with Crippen molar-refractivity contribution in [3.63, 3.8) is 0 Å². The highest BCUT2D eigenvalue weighted by molar-refractivity contribution is 5.88. The Hall–Kier alpha value is -2.08.